The number of guanidine groups is 1. The molecular formula is C12H27IN4O2S. The molecule has 2 N–H and O–H groups in total. The lowest BCUT2D eigenvalue weighted by Crippen LogP contribution is -2.72. The van der Waals surface area contributed by atoms with Gasteiger partial charge >= 0.3 is 0 Å². The minimum atomic E-state index is -3.13. The van der Waals surface area contributed by atoms with Crippen LogP contribution in [0.2, 0.25) is 0 Å². The fourth-order valence-corrected chi connectivity index (χ4v) is 2.58. The standard InChI is InChI=1S/C12H26N4O2S.HI/c1-11(2)9-16(12(11,3)4)10(13-5)14-7-8-15-19(6,17)18;/h15H,7-9H2,1-6H3,(H,13,14);1H. The fourth-order valence-electron chi connectivity index (χ4n) is 2.11. The van der Waals surface area contributed by atoms with Crippen LogP contribution in [-0.4, -0.2) is 57.8 Å². The van der Waals surface area contributed by atoms with Crippen molar-refractivity contribution in [3.8, 4) is 0 Å². The average molecular weight is 418 g/mol. The van der Waals surface area contributed by atoms with Crippen LogP contribution in [-0.2, 0) is 10.0 Å². The number of halogens is 1. The van der Waals surface area contributed by atoms with Gasteiger partial charge in [0, 0.05) is 37.6 Å². The van der Waals surface area contributed by atoms with Gasteiger partial charge in [0.1, 0.15) is 0 Å². The monoisotopic (exact) mass is 418 g/mol. The summed E-state index contributed by atoms with van der Waals surface area (Å²) in [6.07, 6.45) is 1.16. The van der Waals surface area contributed by atoms with Gasteiger partial charge in [-0.15, -0.1) is 24.0 Å². The van der Waals surface area contributed by atoms with Gasteiger partial charge in [-0.1, -0.05) is 13.8 Å². The number of hydrogen-bond acceptors (Lipinski definition) is 3. The zero-order chi connectivity index (χ0) is 14.9. The van der Waals surface area contributed by atoms with E-state index in [1.54, 1.807) is 7.05 Å². The Labute approximate surface area is 139 Å². The SMILES string of the molecule is CN=C(NCCNS(C)(=O)=O)N1CC(C)(C)C1(C)C.I. The third-order valence-corrected chi connectivity index (χ3v) is 4.85. The van der Waals surface area contributed by atoms with E-state index in [0.29, 0.717) is 13.1 Å². The van der Waals surface area contributed by atoms with Crippen molar-refractivity contribution in [2.24, 2.45) is 10.4 Å². The third kappa shape index (κ3) is 4.45. The Morgan fingerprint density at radius 1 is 1.25 bits per heavy atom. The lowest BCUT2D eigenvalue weighted by Gasteiger charge is -2.62. The first-order chi connectivity index (χ1) is 8.51. The molecule has 0 aliphatic carbocycles. The van der Waals surface area contributed by atoms with Crippen molar-refractivity contribution in [1.29, 1.82) is 0 Å². The van der Waals surface area contributed by atoms with Crippen LogP contribution in [0.1, 0.15) is 27.7 Å². The Morgan fingerprint density at radius 2 is 1.80 bits per heavy atom. The van der Waals surface area contributed by atoms with Gasteiger partial charge in [-0.3, -0.25) is 4.99 Å². The molecular weight excluding hydrogens is 391 g/mol. The molecule has 0 aromatic heterocycles. The highest BCUT2D eigenvalue weighted by Crippen LogP contribution is 2.46. The van der Waals surface area contributed by atoms with E-state index in [1.165, 1.54) is 0 Å². The Morgan fingerprint density at radius 3 is 2.15 bits per heavy atom. The summed E-state index contributed by atoms with van der Waals surface area (Å²) in [6, 6.07) is 0. The molecule has 0 bridgehead atoms. The van der Waals surface area contributed by atoms with Gasteiger partial charge in [-0.25, -0.2) is 13.1 Å². The number of nitrogens with one attached hydrogen (secondary N) is 2. The fraction of sp³-hybridized carbons (Fsp3) is 0.917. The zero-order valence-electron chi connectivity index (χ0n) is 13.1. The molecule has 1 saturated heterocycles. The van der Waals surface area contributed by atoms with Gasteiger partial charge in [-0.2, -0.15) is 0 Å². The summed E-state index contributed by atoms with van der Waals surface area (Å²) in [5.74, 6) is 0.819. The molecule has 6 nitrogen and oxygen atoms in total. The molecule has 20 heavy (non-hydrogen) atoms. The van der Waals surface area contributed by atoms with E-state index in [-0.39, 0.29) is 34.9 Å². The van der Waals surface area contributed by atoms with E-state index in [2.05, 4.69) is 47.6 Å². The van der Waals surface area contributed by atoms with E-state index in [4.69, 9.17) is 0 Å². The van der Waals surface area contributed by atoms with Crippen molar-refractivity contribution in [2.45, 2.75) is 33.2 Å². The Balaban J connectivity index is 0.00000361. The van der Waals surface area contributed by atoms with E-state index >= 15 is 0 Å². The topological polar surface area (TPSA) is 73.8 Å². The van der Waals surface area contributed by atoms with E-state index in [0.717, 1.165) is 18.8 Å². The van der Waals surface area contributed by atoms with E-state index in [9.17, 15) is 8.42 Å². The Kier molecular flexibility index (Phi) is 6.75. The second-order valence-corrected chi connectivity index (χ2v) is 8.00. The summed E-state index contributed by atoms with van der Waals surface area (Å²) in [7, 11) is -1.38. The molecule has 0 aromatic carbocycles. The predicted octanol–water partition coefficient (Wildman–Crippen LogP) is 0.849. The van der Waals surface area contributed by atoms with Crippen LogP contribution in [0.25, 0.3) is 0 Å². The lowest BCUT2D eigenvalue weighted by molar-refractivity contribution is -0.0666. The first-order valence-corrected chi connectivity index (χ1v) is 8.33. The van der Waals surface area contributed by atoms with Crippen LogP contribution in [0.3, 0.4) is 0 Å². The second-order valence-electron chi connectivity index (χ2n) is 6.17. The van der Waals surface area contributed by atoms with Gasteiger partial charge in [0.2, 0.25) is 10.0 Å². The lowest BCUT2D eigenvalue weighted by atomic mass is 9.65. The molecule has 1 aliphatic heterocycles. The van der Waals surface area contributed by atoms with Gasteiger partial charge in [0.05, 0.1) is 6.26 Å². The molecule has 1 heterocycles. The van der Waals surface area contributed by atoms with Crippen LogP contribution in [0.4, 0.5) is 0 Å². The minimum Gasteiger partial charge on any atom is -0.355 e. The smallest absolute Gasteiger partial charge is 0.208 e. The molecule has 0 unspecified atom stereocenters. The molecule has 0 spiro atoms. The van der Waals surface area contributed by atoms with Gasteiger partial charge < -0.3 is 10.2 Å². The Hall–Kier alpha value is -0.0900. The highest BCUT2D eigenvalue weighted by atomic mass is 127. The van der Waals surface area contributed by atoms with Crippen molar-refractivity contribution in [2.75, 3.05) is 32.9 Å². The highest BCUT2D eigenvalue weighted by molar-refractivity contribution is 14.0. The summed E-state index contributed by atoms with van der Waals surface area (Å²) in [5, 5.41) is 3.19. The molecule has 0 amide bonds. The first kappa shape index (κ1) is 19.9. The van der Waals surface area contributed by atoms with Gasteiger partial charge in [0.25, 0.3) is 0 Å². The molecule has 0 radical (unpaired) electrons. The number of hydrogen-bond donors (Lipinski definition) is 2. The van der Waals surface area contributed by atoms with Crippen LogP contribution in [0, 0.1) is 5.41 Å². The van der Waals surface area contributed by atoms with Crippen LogP contribution in [0.5, 0.6) is 0 Å². The summed E-state index contributed by atoms with van der Waals surface area (Å²) in [4.78, 5) is 6.48. The summed E-state index contributed by atoms with van der Waals surface area (Å²) in [5.41, 5.74) is 0.286. The largest absolute Gasteiger partial charge is 0.355 e. The molecule has 0 atom stereocenters. The Bertz CT molecular complexity index is 460. The average Bonchev–Trinajstić information content (AvgIpc) is 2.25. The second kappa shape index (κ2) is 6.78. The number of rotatable bonds is 4. The van der Waals surface area contributed by atoms with Gasteiger partial charge in [0.15, 0.2) is 5.96 Å². The van der Waals surface area contributed by atoms with E-state index < -0.39 is 10.0 Å². The molecule has 120 valence electrons. The summed E-state index contributed by atoms with van der Waals surface area (Å²) < 4.78 is 24.4. The normalized spacial score (nSPS) is 20.9. The van der Waals surface area contributed by atoms with Crippen molar-refractivity contribution in [1.82, 2.24) is 14.9 Å². The summed E-state index contributed by atoms with van der Waals surface area (Å²) in [6.45, 7) is 10.7. The molecule has 8 heteroatoms. The molecule has 0 aromatic rings. The number of sulfonamides is 1. The van der Waals surface area contributed by atoms with Crippen LogP contribution in [0.15, 0.2) is 4.99 Å². The predicted molar refractivity (Wildman–Crippen MR) is 94.2 cm³/mol. The van der Waals surface area contributed by atoms with E-state index in [1.807, 2.05) is 0 Å². The maximum Gasteiger partial charge on any atom is 0.208 e. The number of nitrogens with zero attached hydrogens (tertiary/aromatic N) is 2. The van der Waals surface area contributed by atoms with Crippen LogP contribution >= 0.6 is 24.0 Å². The third-order valence-electron chi connectivity index (χ3n) is 4.12. The molecule has 0 saturated carbocycles. The number of likely N-dealkylation sites (tertiary alicyclic amines) is 1. The van der Waals surface area contributed by atoms with Crippen molar-refractivity contribution < 1.29 is 8.42 Å². The minimum absolute atomic E-state index is 0. The molecule has 1 aliphatic rings. The van der Waals surface area contributed by atoms with Crippen LogP contribution < -0.4 is 10.0 Å². The van der Waals surface area contributed by atoms with Crippen molar-refractivity contribution in [3.63, 3.8) is 0 Å². The zero-order valence-corrected chi connectivity index (χ0v) is 16.3. The molecule has 1 rings (SSSR count). The summed E-state index contributed by atoms with van der Waals surface area (Å²) >= 11 is 0. The number of aliphatic imine (C=N–C) groups is 1. The maximum absolute atomic E-state index is 11.0. The van der Waals surface area contributed by atoms with Crippen molar-refractivity contribution in [3.05, 3.63) is 0 Å². The maximum atomic E-state index is 11.0. The highest BCUT2D eigenvalue weighted by Gasteiger charge is 2.53. The quantitative estimate of drug-likeness (QED) is 0.307. The first-order valence-electron chi connectivity index (χ1n) is 6.44. The van der Waals surface area contributed by atoms with Gasteiger partial charge in [-0.05, 0) is 13.8 Å². The molecule has 1 fully saturated rings. The van der Waals surface area contributed by atoms with Crippen molar-refractivity contribution >= 4 is 40.0 Å².